The highest BCUT2D eigenvalue weighted by atomic mass is 32.7. The molecule has 1 aliphatic heterocycles. The summed E-state index contributed by atoms with van der Waals surface area (Å²) in [5.74, 6) is -0.00275. The molecule has 2 aromatic carbocycles. The van der Waals surface area contributed by atoms with Gasteiger partial charge in [-0.3, -0.25) is 9.59 Å². The Hall–Kier alpha value is -2.48. The highest BCUT2D eigenvalue weighted by Gasteiger charge is 2.51. The van der Waals surface area contributed by atoms with Crippen LogP contribution in [0.5, 0.6) is 5.75 Å². The molecule has 1 fully saturated rings. The predicted molar refractivity (Wildman–Crippen MR) is 131 cm³/mol. The number of nitrogens with one attached hydrogen (secondary N) is 1. The Morgan fingerprint density at radius 2 is 1.76 bits per heavy atom. The van der Waals surface area contributed by atoms with E-state index in [2.05, 4.69) is 5.32 Å². The topological polar surface area (TPSA) is 134 Å². The fourth-order valence-electron chi connectivity index (χ4n) is 3.65. The maximum atomic E-state index is 13.5. The Bertz CT molecular complexity index is 1010. The lowest BCUT2D eigenvalue weighted by molar-refractivity contribution is -0.122. The van der Waals surface area contributed by atoms with Crippen LogP contribution in [-0.2, 0) is 14.1 Å². The van der Waals surface area contributed by atoms with Gasteiger partial charge in [0.15, 0.2) is 6.34 Å². The van der Waals surface area contributed by atoms with Crippen molar-refractivity contribution in [2.24, 2.45) is 5.73 Å². The molecular formula is C23H30N3O5PS. The zero-order valence-corrected chi connectivity index (χ0v) is 20.3. The third kappa shape index (κ3) is 6.31. The lowest BCUT2D eigenvalue weighted by Crippen LogP contribution is -2.47. The number of hydrogen-bond acceptors (Lipinski definition) is 7. The summed E-state index contributed by atoms with van der Waals surface area (Å²) in [5, 5.41) is 1.80. The second-order valence-corrected chi connectivity index (χ2v) is 13.8. The number of nitrogens with two attached hydrogens (primary N) is 2. The second-order valence-electron chi connectivity index (χ2n) is 8.00. The molecule has 5 N–H and O–H groups in total. The van der Waals surface area contributed by atoms with E-state index in [4.69, 9.17) is 20.9 Å². The van der Waals surface area contributed by atoms with Gasteiger partial charge in [-0.2, -0.15) is 0 Å². The van der Waals surface area contributed by atoms with Crippen molar-refractivity contribution >= 4 is 35.2 Å². The van der Waals surface area contributed by atoms with Crippen molar-refractivity contribution in [2.75, 3.05) is 38.8 Å². The van der Waals surface area contributed by atoms with Crippen LogP contribution in [0.4, 0.5) is 5.69 Å². The van der Waals surface area contributed by atoms with Gasteiger partial charge in [-0.1, -0.05) is 11.4 Å². The van der Waals surface area contributed by atoms with Crippen LogP contribution in [0.15, 0.2) is 53.4 Å². The molecule has 1 aliphatic rings. The Morgan fingerprint density at radius 1 is 1.12 bits per heavy atom. The average Bonchev–Trinajstić information content (AvgIpc) is 2.80. The number of carbonyl (C=O) groups is 2. The Labute approximate surface area is 197 Å². The number of hydrogen-bond donors (Lipinski definition) is 3. The smallest absolute Gasteiger partial charge is 0.251 e. The fraction of sp³-hybridized carbons (Fsp3) is 0.391. The SMILES string of the molecule is CP(=O)(Sc1ccc(OCCCNC(=O)c2ccc(N)cc2)cc1)C1(C(N)=O)CCOCC1. The van der Waals surface area contributed by atoms with E-state index in [-0.39, 0.29) is 5.91 Å². The second kappa shape index (κ2) is 11.1. The van der Waals surface area contributed by atoms with Crippen LogP contribution < -0.4 is 21.5 Å². The van der Waals surface area contributed by atoms with Gasteiger partial charge < -0.3 is 30.8 Å². The molecule has 8 nitrogen and oxygen atoms in total. The minimum atomic E-state index is -2.99. The predicted octanol–water partition coefficient (Wildman–Crippen LogP) is 3.50. The molecule has 1 heterocycles. The monoisotopic (exact) mass is 491 g/mol. The van der Waals surface area contributed by atoms with Crippen LogP contribution in [0.25, 0.3) is 0 Å². The van der Waals surface area contributed by atoms with Crippen molar-refractivity contribution < 1.29 is 23.6 Å². The summed E-state index contributed by atoms with van der Waals surface area (Å²) in [6, 6.07) is 14.0. The molecule has 1 atom stereocenters. The van der Waals surface area contributed by atoms with Crippen LogP contribution in [0.1, 0.15) is 29.6 Å². The summed E-state index contributed by atoms with van der Waals surface area (Å²) in [7, 11) is 0. The van der Waals surface area contributed by atoms with Crippen LogP contribution in [-0.4, -0.2) is 50.0 Å². The third-order valence-corrected chi connectivity index (χ3v) is 11.5. The van der Waals surface area contributed by atoms with Gasteiger partial charge in [0.25, 0.3) is 5.91 Å². The Balaban J connectivity index is 1.46. The summed E-state index contributed by atoms with van der Waals surface area (Å²) in [5.41, 5.74) is 12.5. The van der Waals surface area contributed by atoms with E-state index in [1.807, 2.05) is 12.1 Å². The number of ether oxygens (including phenoxy) is 2. The summed E-state index contributed by atoms with van der Waals surface area (Å²) in [6.07, 6.45) is -1.59. The van der Waals surface area contributed by atoms with Crippen LogP contribution in [0.2, 0.25) is 0 Å². The molecule has 0 bridgehead atoms. The lowest BCUT2D eigenvalue weighted by atomic mass is 9.98. The van der Waals surface area contributed by atoms with E-state index in [0.29, 0.717) is 62.6 Å². The lowest BCUT2D eigenvalue weighted by Gasteiger charge is -2.38. The molecule has 0 saturated carbocycles. The van der Waals surface area contributed by atoms with Gasteiger partial charge in [0.2, 0.25) is 5.91 Å². The van der Waals surface area contributed by atoms with E-state index in [1.165, 1.54) is 11.4 Å². The van der Waals surface area contributed by atoms with Gasteiger partial charge in [0.1, 0.15) is 10.9 Å². The zero-order valence-electron chi connectivity index (χ0n) is 18.6. The van der Waals surface area contributed by atoms with Gasteiger partial charge in [0.05, 0.1) is 6.61 Å². The Kier molecular flexibility index (Phi) is 8.46. The molecule has 178 valence electrons. The molecule has 0 spiro atoms. The van der Waals surface area contributed by atoms with Gasteiger partial charge in [-0.05, 0) is 74.5 Å². The minimum absolute atomic E-state index is 0.154. The molecule has 0 aromatic heterocycles. The first kappa shape index (κ1) is 25.1. The van der Waals surface area contributed by atoms with Crippen molar-refractivity contribution in [3.8, 4) is 5.75 Å². The Morgan fingerprint density at radius 3 is 2.36 bits per heavy atom. The van der Waals surface area contributed by atoms with Crippen molar-refractivity contribution in [3.63, 3.8) is 0 Å². The van der Waals surface area contributed by atoms with Crippen molar-refractivity contribution in [3.05, 3.63) is 54.1 Å². The number of benzene rings is 2. The molecular weight excluding hydrogens is 461 g/mol. The molecule has 0 aliphatic carbocycles. The van der Waals surface area contributed by atoms with Gasteiger partial charge in [0, 0.05) is 35.9 Å². The van der Waals surface area contributed by atoms with Gasteiger partial charge in [-0.25, -0.2) is 0 Å². The standard InChI is InChI=1S/C23H30N3O5PS/c1-32(29,23(22(25)28)11-15-30-16-12-23)33-20-9-7-19(8-10-20)31-14-2-13-26-21(27)17-3-5-18(24)6-4-17/h3-10H,2,11-16,24H2,1H3,(H2,25,28)(H,26,27). The van der Waals surface area contributed by atoms with Crippen LogP contribution >= 0.6 is 17.7 Å². The van der Waals surface area contributed by atoms with Gasteiger partial charge in [-0.15, -0.1) is 0 Å². The van der Waals surface area contributed by atoms with Crippen molar-refractivity contribution in [1.29, 1.82) is 0 Å². The number of anilines is 1. The third-order valence-electron chi connectivity index (χ3n) is 5.71. The minimum Gasteiger partial charge on any atom is -0.494 e. The normalized spacial score (nSPS) is 17.0. The van der Waals surface area contributed by atoms with E-state index >= 15 is 0 Å². The quantitative estimate of drug-likeness (QED) is 0.263. The maximum Gasteiger partial charge on any atom is 0.251 e. The number of carbonyl (C=O) groups excluding carboxylic acids is 2. The van der Waals surface area contributed by atoms with E-state index in [1.54, 1.807) is 43.1 Å². The van der Waals surface area contributed by atoms with Crippen LogP contribution in [0, 0.1) is 0 Å². The first-order valence-corrected chi connectivity index (χ1v) is 14.3. The van der Waals surface area contributed by atoms with Gasteiger partial charge >= 0.3 is 0 Å². The number of amides is 2. The van der Waals surface area contributed by atoms with E-state index in [9.17, 15) is 14.2 Å². The molecule has 1 saturated heterocycles. The molecule has 33 heavy (non-hydrogen) atoms. The van der Waals surface area contributed by atoms with Crippen molar-refractivity contribution in [1.82, 2.24) is 5.32 Å². The fourth-order valence-corrected chi connectivity index (χ4v) is 8.79. The molecule has 2 amide bonds. The molecule has 1 unspecified atom stereocenters. The van der Waals surface area contributed by atoms with E-state index < -0.39 is 17.4 Å². The molecule has 10 heteroatoms. The van der Waals surface area contributed by atoms with E-state index in [0.717, 1.165) is 4.90 Å². The largest absolute Gasteiger partial charge is 0.494 e. The molecule has 0 radical (unpaired) electrons. The maximum absolute atomic E-state index is 13.5. The molecule has 3 rings (SSSR count). The first-order chi connectivity index (χ1) is 15.7. The number of nitrogen functional groups attached to an aromatic ring is 1. The van der Waals surface area contributed by atoms with Crippen molar-refractivity contribution in [2.45, 2.75) is 29.3 Å². The summed E-state index contributed by atoms with van der Waals surface area (Å²) >= 11 is 1.21. The number of primary amides is 1. The summed E-state index contributed by atoms with van der Waals surface area (Å²) in [6.45, 7) is 3.32. The van der Waals surface area contributed by atoms with Crippen LogP contribution in [0.3, 0.4) is 0 Å². The number of rotatable bonds is 10. The highest BCUT2D eigenvalue weighted by molar-refractivity contribution is 8.58. The highest BCUT2D eigenvalue weighted by Crippen LogP contribution is 2.70. The molecule has 2 aromatic rings. The zero-order chi connectivity index (χ0) is 23.9. The summed E-state index contributed by atoms with van der Waals surface area (Å²) < 4.78 is 24.6. The summed E-state index contributed by atoms with van der Waals surface area (Å²) in [4.78, 5) is 25.1. The first-order valence-electron chi connectivity index (χ1n) is 10.7. The average molecular weight is 492 g/mol.